The Hall–Kier alpha value is -2.04. The molecule has 1 saturated heterocycles. The number of nitrogens with zero attached hydrogens (tertiary/aromatic N) is 1. The highest BCUT2D eigenvalue weighted by molar-refractivity contribution is 5.81. The summed E-state index contributed by atoms with van der Waals surface area (Å²) >= 11 is 0. The molecule has 2 N–H and O–H groups in total. The highest BCUT2D eigenvalue weighted by atomic mass is 16.2. The second-order valence-corrected chi connectivity index (χ2v) is 7.78. The van der Waals surface area contributed by atoms with Crippen molar-refractivity contribution in [3.63, 3.8) is 0 Å². The molecule has 5 heteroatoms. The van der Waals surface area contributed by atoms with Crippen molar-refractivity contribution in [2.75, 3.05) is 18.4 Å². The molecule has 1 heterocycles. The molecule has 2 fully saturated rings. The van der Waals surface area contributed by atoms with Gasteiger partial charge in [-0.25, -0.2) is 0 Å². The molecule has 2 atom stereocenters. The predicted octanol–water partition coefficient (Wildman–Crippen LogP) is 3.17. The lowest BCUT2D eigenvalue weighted by Crippen LogP contribution is -2.47. The third-order valence-electron chi connectivity index (χ3n) is 5.51. The smallest absolute Gasteiger partial charge is 0.224 e. The first-order valence-electron chi connectivity index (χ1n) is 10.0. The van der Waals surface area contributed by atoms with Crippen molar-refractivity contribution in [2.45, 2.75) is 64.0 Å². The number of hydrogen-bond donors (Lipinski definition) is 2. The number of benzene rings is 1. The number of amides is 2. The van der Waals surface area contributed by atoms with Gasteiger partial charge >= 0.3 is 0 Å². The number of piperidine rings is 1. The highest BCUT2D eigenvalue weighted by Crippen LogP contribution is 2.25. The lowest BCUT2D eigenvalue weighted by molar-refractivity contribution is -0.133. The van der Waals surface area contributed by atoms with Crippen molar-refractivity contribution >= 4 is 17.5 Å². The zero-order valence-corrected chi connectivity index (χ0v) is 15.7. The fourth-order valence-corrected chi connectivity index (χ4v) is 4.08. The van der Waals surface area contributed by atoms with E-state index >= 15 is 0 Å². The van der Waals surface area contributed by atoms with E-state index in [-0.39, 0.29) is 23.8 Å². The summed E-state index contributed by atoms with van der Waals surface area (Å²) in [6, 6.07) is 10.3. The minimum Gasteiger partial charge on any atom is -0.381 e. The van der Waals surface area contributed by atoms with Gasteiger partial charge in [-0.15, -0.1) is 0 Å². The first-order chi connectivity index (χ1) is 12.6. The van der Waals surface area contributed by atoms with Gasteiger partial charge in [0.1, 0.15) is 0 Å². The van der Waals surface area contributed by atoms with Crippen LogP contribution >= 0.6 is 0 Å². The van der Waals surface area contributed by atoms with E-state index < -0.39 is 0 Å². The average Bonchev–Trinajstić information content (AvgIpc) is 3.17. The number of rotatable bonds is 6. The maximum absolute atomic E-state index is 12.7. The molecule has 1 aliphatic carbocycles. The predicted molar refractivity (Wildman–Crippen MR) is 104 cm³/mol. The fraction of sp³-hybridized carbons (Fsp3) is 0.619. The van der Waals surface area contributed by atoms with Gasteiger partial charge in [-0.05, 0) is 44.7 Å². The van der Waals surface area contributed by atoms with Gasteiger partial charge in [0, 0.05) is 43.2 Å². The summed E-state index contributed by atoms with van der Waals surface area (Å²) in [7, 11) is 0. The Morgan fingerprint density at radius 3 is 2.58 bits per heavy atom. The second-order valence-electron chi connectivity index (χ2n) is 7.78. The maximum Gasteiger partial charge on any atom is 0.224 e. The van der Waals surface area contributed by atoms with Crippen molar-refractivity contribution in [3.05, 3.63) is 30.3 Å². The molecule has 0 aromatic heterocycles. The largest absolute Gasteiger partial charge is 0.381 e. The van der Waals surface area contributed by atoms with Crippen molar-refractivity contribution < 1.29 is 9.59 Å². The first-order valence-corrected chi connectivity index (χ1v) is 10.0. The Labute approximate surface area is 156 Å². The van der Waals surface area contributed by atoms with Gasteiger partial charge in [0.05, 0.1) is 0 Å². The SMILES string of the molecule is CC(CC(=O)N1CCCC(Nc2ccccc2)C1)NC(=O)C1CCCC1. The number of carbonyl (C=O) groups excluding carboxylic acids is 2. The molecule has 1 saturated carbocycles. The molecule has 5 nitrogen and oxygen atoms in total. The lowest BCUT2D eigenvalue weighted by atomic mass is 10.0. The van der Waals surface area contributed by atoms with Gasteiger partial charge in [-0.1, -0.05) is 31.0 Å². The van der Waals surface area contributed by atoms with Crippen LogP contribution in [0.3, 0.4) is 0 Å². The van der Waals surface area contributed by atoms with E-state index in [1.807, 2.05) is 30.0 Å². The molecule has 2 unspecified atom stereocenters. The van der Waals surface area contributed by atoms with Gasteiger partial charge in [-0.2, -0.15) is 0 Å². The second kappa shape index (κ2) is 9.06. The van der Waals surface area contributed by atoms with Gasteiger partial charge in [0.15, 0.2) is 0 Å². The van der Waals surface area contributed by atoms with E-state index in [4.69, 9.17) is 0 Å². The first kappa shape index (κ1) is 18.7. The standard InChI is InChI=1S/C21H31N3O2/c1-16(22-21(26)17-8-5-6-9-17)14-20(25)24-13-7-12-19(15-24)23-18-10-3-2-4-11-18/h2-4,10-11,16-17,19,23H,5-9,12-15H2,1H3,(H,22,26). The summed E-state index contributed by atoms with van der Waals surface area (Å²) in [6.45, 7) is 3.49. The maximum atomic E-state index is 12.7. The monoisotopic (exact) mass is 357 g/mol. The number of anilines is 1. The van der Waals surface area contributed by atoms with Crippen LogP contribution in [0.15, 0.2) is 30.3 Å². The number of nitrogens with one attached hydrogen (secondary N) is 2. The molecule has 1 aromatic rings. The van der Waals surface area contributed by atoms with Crippen molar-refractivity contribution in [3.8, 4) is 0 Å². The van der Waals surface area contributed by atoms with Crippen molar-refractivity contribution in [1.29, 1.82) is 0 Å². The topological polar surface area (TPSA) is 61.4 Å². The number of hydrogen-bond acceptors (Lipinski definition) is 3. The summed E-state index contributed by atoms with van der Waals surface area (Å²) in [5, 5.41) is 6.57. The average molecular weight is 357 g/mol. The van der Waals surface area contributed by atoms with E-state index in [0.717, 1.165) is 57.3 Å². The van der Waals surface area contributed by atoms with Gasteiger partial charge in [-0.3, -0.25) is 9.59 Å². The summed E-state index contributed by atoms with van der Waals surface area (Å²) < 4.78 is 0. The zero-order chi connectivity index (χ0) is 18.4. The van der Waals surface area contributed by atoms with E-state index in [2.05, 4.69) is 22.8 Å². The lowest BCUT2D eigenvalue weighted by Gasteiger charge is -2.34. The summed E-state index contributed by atoms with van der Waals surface area (Å²) in [4.78, 5) is 26.8. The molecular formula is C21H31N3O2. The molecule has 0 spiro atoms. The Kier molecular flexibility index (Phi) is 6.53. The molecule has 142 valence electrons. The summed E-state index contributed by atoms with van der Waals surface area (Å²) in [5.74, 6) is 0.427. The van der Waals surface area contributed by atoms with Crippen LogP contribution < -0.4 is 10.6 Å². The van der Waals surface area contributed by atoms with Crippen LogP contribution in [-0.2, 0) is 9.59 Å². The van der Waals surface area contributed by atoms with Crippen LogP contribution in [0.5, 0.6) is 0 Å². The number of likely N-dealkylation sites (tertiary alicyclic amines) is 1. The summed E-state index contributed by atoms with van der Waals surface area (Å²) in [5.41, 5.74) is 1.10. The normalized spacial score (nSPS) is 22.0. The van der Waals surface area contributed by atoms with Crippen LogP contribution in [0, 0.1) is 5.92 Å². The van der Waals surface area contributed by atoms with Crippen LogP contribution in [0.25, 0.3) is 0 Å². The van der Waals surface area contributed by atoms with E-state index in [1.165, 1.54) is 0 Å². The molecule has 1 aromatic carbocycles. The molecule has 2 amide bonds. The fourth-order valence-electron chi connectivity index (χ4n) is 4.08. The van der Waals surface area contributed by atoms with Crippen LogP contribution in [0.1, 0.15) is 51.9 Å². The molecule has 2 aliphatic rings. The minimum absolute atomic E-state index is 0.0990. The Balaban J connectivity index is 1.45. The Morgan fingerprint density at radius 1 is 1.12 bits per heavy atom. The Morgan fingerprint density at radius 2 is 1.85 bits per heavy atom. The van der Waals surface area contributed by atoms with Crippen LogP contribution in [0.2, 0.25) is 0 Å². The third-order valence-corrected chi connectivity index (χ3v) is 5.51. The van der Waals surface area contributed by atoms with E-state index in [1.54, 1.807) is 0 Å². The molecule has 0 radical (unpaired) electrons. The molecule has 26 heavy (non-hydrogen) atoms. The van der Waals surface area contributed by atoms with E-state index in [9.17, 15) is 9.59 Å². The quantitative estimate of drug-likeness (QED) is 0.822. The molecular weight excluding hydrogens is 326 g/mol. The minimum atomic E-state index is -0.0990. The highest BCUT2D eigenvalue weighted by Gasteiger charge is 2.27. The van der Waals surface area contributed by atoms with Gasteiger partial charge < -0.3 is 15.5 Å². The number of carbonyl (C=O) groups is 2. The van der Waals surface area contributed by atoms with Crippen LogP contribution in [0.4, 0.5) is 5.69 Å². The molecule has 1 aliphatic heterocycles. The van der Waals surface area contributed by atoms with Crippen molar-refractivity contribution in [1.82, 2.24) is 10.2 Å². The van der Waals surface area contributed by atoms with Crippen LogP contribution in [-0.4, -0.2) is 41.9 Å². The third kappa shape index (κ3) is 5.23. The molecule has 0 bridgehead atoms. The Bertz CT molecular complexity index is 599. The van der Waals surface area contributed by atoms with E-state index in [0.29, 0.717) is 12.5 Å². The van der Waals surface area contributed by atoms with Crippen molar-refractivity contribution in [2.24, 2.45) is 5.92 Å². The zero-order valence-electron chi connectivity index (χ0n) is 15.7. The van der Waals surface area contributed by atoms with Gasteiger partial charge in [0.25, 0.3) is 0 Å². The number of para-hydroxylation sites is 1. The van der Waals surface area contributed by atoms with Gasteiger partial charge in [0.2, 0.25) is 11.8 Å². The summed E-state index contributed by atoms with van der Waals surface area (Å²) in [6.07, 6.45) is 6.75. The molecule has 3 rings (SSSR count).